The Hall–Kier alpha value is -1.97. The van der Waals surface area contributed by atoms with Crippen molar-refractivity contribution in [3.05, 3.63) is 51.9 Å². The number of nitro benzene ring substituents is 1. The molecule has 0 bridgehead atoms. The van der Waals surface area contributed by atoms with Gasteiger partial charge in [0, 0.05) is 25.2 Å². The summed E-state index contributed by atoms with van der Waals surface area (Å²) < 4.78 is 27.5. The molecule has 1 saturated heterocycles. The van der Waals surface area contributed by atoms with Crippen LogP contribution in [0.5, 0.6) is 0 Å². The highest BCUT2D eigenvalue weighted by atomic mass is 32.2. The molecule has 9 heteroatoms. The topological polar surface area (TPSA) is 92.6 Å². The van der Waals surface area contributed by atoms with E-state index < -0.39 is 10.0 Å². The first-order valence-electron chi connectivity index (χ1n) is 7.51. The largest absolute Gasteiger partial charge is 0.366 e. The molecule has 2 aromatic rings. The SMILES string of the molecule is O=[N+]([O-])c1ccccc1N1CCC(NS(=O)(=O)c2cccs2)CC1. The minimum absolute atomic E-state index is 0.0788. The second-order valence-corrected chi connectivity index (χ2v) is 8.45. The van der Waals surface area contributed by atoms with Gasteiger partial charge < -0.3 is 4.90 Å². The minimum atomic E-state index is -3.48. The van der Waals surface area contributed by atoms with E-state index in [1.807, 2.05) is 4.90 Å². The van der Waals surface area contributed by atoms with E-state index in [1.165, 1.54) is 17.4 Å². The van der Waals surface area contributed by atoms with Crippen LogP contribution in [0.3, 0.4) is 0 Å². The lowest BCUT2D eigenvalue weighted by Gasteiger charge is -2.33. The Morgan fingerprint density at radius 1 is 1.17 bits per heavy atom. The maximum absolute atomic E-state index is 12.3. The molecule has 0 unspecified atom stereocenters. The third-order valence-electron chi connectivity index (χ3n) is 4.00. The fraction of sp³-hybridized carbons (Fsp3) is 0.333. The molecule has 1 aliphatic rings. The molecule has 3 rings (SSSR count). The van der Waals surface area contributed by atoms with Crippen molar-refractivity contribution in [2.24, 2.45) is 0 Å². The maximum atomic E-state index is 12.3. The minimum Gasteiger partial charge on any atom is -0.366 e. The lowest BCUT2D eigenvalue weighted by Crippen LogP contribution is -2.44. The Kier molecular flexibility index (Phi) is 4.83. The van der Waals surface area contributed by atoms with Crippen molar-refractivity contribution in [1.29, 1.82) is 0 Å². The summed E-state index contributed by atoms with van der Waals surface area (Å²) >= 11 is 1.19. The van der Waals surface area contributed by atoms with Crippen LogP contribution in [0.25, 0.3) is 0 Å². The Labute approximate surface area is 144 Å². The summed E-state index contributed by atoms with van der Waals surface area (Å²) in [5.74, 6) is 0. The first kappa shape index (κ1) is 16.9. The number of sulfonamides is 1. The fourth-order valence-electron chi connectivity index (χ4n) is 2.82. The van der Waals surface area contributed by atoms with Crippen molar-refractivity contribution in [2.45, 2.75) is 23.1 Å². The lowest BCUT2D eigenvalue weighted by molar-refractivity contribution is -0.384. The molecule has 1 aliphatic heterocycles. The molecule has 1 N–H and O–H groups in total. The van der Waals surface area contributed by atoms with Crippen molar-refractivity contribution >= 4 is 32.7 Å². The van der Waals surface area contributed by atoms with Crippen molar-refractivity contribution in [3.63, 3.8) is 0 Å². The van der Waals surface area contributed by atoms with E-state index in [0.717, 1.165) is 0 Å². The van der Waals surface area contributed by atoms with Crippen molar-refractivity contribution < 1.29 is 13.3 Å². The highest BCUT2D eigenvalue weighted by molar-refractivity contribution is 7.91. The predicted octanol–water partition coefficient (Wildman–Crippen LogP) is 2.60. The summed E-state index contributed by atoms with van der Waals surface area (Å²) in [5, 5.41) is 12.9. The number of anilines is 1. The van der Waals surface area contributed by atoms with E-state index in [4.69, 9.17) is 0 Å². The maximum Gasteiger partial charge on any atom is 0.292 e. The standard InChI is InChI=1S/C15H17N3O4S2/c19-18(20)14-5-2-1-4-13(14)17-9-7-12(8-10-17)16-24(21,22)15-6-3-11-23-15/h1-6,11-12,16H,7-10H2. The molecular weight excluding hydrogens is 350 g/mol. The molecular formula is C15H17N3O4S2. The number of para-hydroxylation sites is 2. The van der Waals surface area contributed by atoms with Crippen LogP contribution < -0.4 is 9.62 Å². The normalized spacial score (nSPS) is 16.2. The molecule has 1 aromatic carbocycles. The number of nitrogens with one attached hydrogen (secondary N) is 1. The number of hydrogen-bond acceptors (Lipinski definition) is 6. The van der Waals surface area contributed by atoms with Gasteiger partial charge in [0.05, 0.1) is 4.92 Å². The highest BCUT2D eigenvalue weighted by Crippen LogP contribution is 2.30. The van der Waals surface area contributed by atoms with E-state index in [-0.39, 0.29) is 16.7 Å². The average molecular weight is 367 g/mol. The third-order valence-corrected chi connectivity index (χ3v) is 6.91. The molecule has 0 atom stereocenters. The van der Waals surface area contributed by atoms with Gasteiger partial charge in [-0.25, -0.2) is 13.1 Å². The monoisotopic (exact) mass is 367 g/mol. The molecule has 0 aliphatic carbocycles. The van der Waals surface area contributed by atoms with Crippen molar-refractivity contribution in [1.82, 2.24) is 4.72 Å². The van der Waals surface area contributed by atoms with Crippen molar-refractivity contribution in [2.75, 3.05) is 18.0 Å². The number of benzene rings is 1. The molecule has 0 amide bonds. The lowest BCUT2D eigenvalue weighted by atomic mass is 10.1. The van der Waals surface area contributed by atoms with Crippen LogP contribution in [0.15, 0.2) is 46.0 Å². The van der Waals surface area contributed by atoms with Crippen LogP contribution in [0.4, 0.5) is 11.4 Å². The average Bonchev–Trinajstić information content (AvgIpc) is 3.11. The van der Waals surface area contributed by atoms with Gasteiger partial charge in [0.1, 0.15) is 9.90 Å². The number of piperidine rings is 1. The predicted molar refractivity (Wildman–Crippen MR) is 93.0 cm³/mol. The van der Waals surface area contributed by atoms with Gasteiger partial charge in [0.2, 0.25) is 10.0 Å². The van der Waals surface area contributed by atoms with Gasteiger partial charge in [-0.3, -0.25) is 10.1 Å². The van der Waals surface area contributed by atoms with Crippen molar-refractivity contribution in [3.8, 4) is 0 Å². The molecule has 24 heavy (non-hydrogen) atoms. The zero-order valence-corrected chi connectivity index (χ0v) is 14.4. The van der Waals surface area contributed by atoms with Gasteiger partial charge in [-0.05, 0) is 30.4 Å². The van der Waals surface area contributed by atoms with Crippen LogP contribution >= 0.6 is 11.3 Å². The molecule has 1 aromatic heterocycles. The number of hydrogen-bond donors (Lipinski definition) is 1. The Balaban J connectivity index is 1.66. The second-order valence-electron chi connectivity index (χ2n) is 5.56. The third kappa shape index (κ3) is 3.58. The molecule has 2 heterocycles. The van der Waals surface area contributed by atoms with E-state index >= 15 is 0 Å². The van der Waals surface area contributed by atoms with E-state index in [0.29, 0.717) is 35.8 Å². The van der Waals surface area contributed by atoms with Crippen LogP contribution in [0.1, 0.15) is 12.8 Å². The van der Waals surface area contributed by atoms with Gasteiger partial charge in [-0.2, -0.15) is 0 Å². The van der Waals surface area contributed by atoms with E-state index in [9.17, 15) is 18.5 Å². The van der Waals surface area contributed by atoms with Crippen LogP contribution in [-0.4, -0.2) is 32.5 Å². The van der Waals surface area contributed by atoms with Gasteiger partial charge in [-0.15, -0.1) is 11.3 Å². The smallest absolute Gasteiger partial charge is 0.292 e. The fourth-order valence-corrected chi connectivity index (χ4v) is 5.13. The molecule has 0 radical (unpaired) electrons. The van der Waals surface area contributed by atoms with Gasteiger partial charge in [-0.1, -0.05) is 18.2 Å². The number of nitro groups is 1. The number of nitrogens with zero attached hydrogens (tertiary/aromatic N) is 2. The number of thiophene rings is 1. The van der Waals surface area contributed by atoms with Gasteiger partial charge in [0.15, 0.2) is 0 Å². The van der Waals surface area contributed by atoms with E-state index in [1.54, 1.807) is 35.7 Å². The zero-order chi connectivity index (χ0) is 17.2. The van der Waals surface area contributed by atoms with Crippen LogP contribution in [0, 0.1) is 10.1 Å². The first-order valence-corrected chi connectivity index (χ1v) is 9.88. The van der Waals surface area contributed by atoms with E-state index in [2.05, 4.69) is 4.72 Å². The first-order chi connectivity index (χ1) is 11.5. The van der Waals surface area contributed by atoms with Crippen LogP contribution in [0.2, 0.25) is 0 Å². The van der Waals surface area contributed by atoms with Gasteiger partial charge in [0.25, 0.3) is 5.69 Å². The summed E-state index contributed by atoms with van der Waals surface area (Å²) in [7, 11) is -3.48. The zero-order valence-electron chi connectivity index (χ0n) is 12.8. The summed E-state index contributed by atoms with van der Waals surface area (Å²) in [6, 6.07) is 9.76. The summed E-state index contributed by atoms with van der Waals surface area (Å²) in [6.45, 7) is 1.14. The number of rotatable bonds is 5. The second kappa shape index (κ2) is 6.88. The van der Waals surface area contributed by atoms with Crippen LogP contribution in [-0.2, 0) is 10.0 Å². The Morgan fingerprint density at radius 3 is 2.50 bits per heavy atom. The molecule has 1 fully saturated rings. The Morgan fingerprint density at radius 2 is 1.88 bits per heavy atom. The quantitative estimate of drug-likeness (QED) is 0.648. The highest BCUT2D eigenvalue weighted by Gasteiger charge is 2.27. The molecule has 128 valence electrons. The summed E-state index contributed by atoms with van der Waals surface area (Å²) in [5.41, 5.74) is 0.664. The Bertz CT molecular complexity index is 813. The summed E-state index contributed by atoms with van der Waals surface area (Å²) in [4.78, 5) is 12.7. The summed E-state index contributed by atoms with van der Waals surface area (Å²) in [6.07, 6.45) is 1.22. The van der Waals surface area contributed by atoms with Gasteiger partial charge >= 0.3 is 0 Å². The molecule has 0 spiro atoms. The molecule has 0 saturated carbocycles. The molecule has 7 nitrogen and oxygen atoms in total.